The van der Waals surface area contributed by atoms with E-state index < -0.39 is 75.3 Å². The number of aliphatic hydroxyl groups is 8. The predicted molar refractivity (Wildman–Crippen MR) is 430 cm³/mol. The van der Waals surface area contributed by atoms with Crippen molar-refractivity contribution in [1.82, 2.24) is 0 Å². The van der Waals surface area contributed by atoms with Crippen molar-refractivity contribution in [2.45, 2.75) is 127 Å². The highest BCUT2D eigenvalue weighted by Gasteiger charge is 2.43. The van der Waals surface area contributed by atoms with Crippen LogP contribution < -0.4 is 75.8 Å². The molecule has 8 N–H and O–H groups in total. The summed E-state index contributed by atoms with van der Waals surface area (Å²) in [6, 6.07) is 56.6. The van der Waals surface area contributed by atoms with Crippen molar-refractivity contribution >= 4 is 0 Å². The van der Waals surface area contributed by atoms with Crippen LogP contribution in [0.3, 0.4) is 0 Å². The van der Waals surface area contributed by atoms with Crippen LogP contribution in [-0.4, -0.2) is 67.3 Å². The van der Waals surface area contributed by atoms with Gasteiger partial charge in [0.05, 0.1) is 26.4 Å². The molecule has 8 heterocycles. The Balaban J connectivity index is 0.965. The molecule has 0 radical (unpaired) electrons. The first kappa shape index (κ1) is 74.7. The van der Waals surface area contributed by atoms with Crippen LogP contribution >= 0.6 is 0 Å². The van der Waals surface area contributed by atoms with E-state index in [4.69, 9.17) is 75.8 Å². The van der Waals surface area contributed by atoms with E-state index in [2.05, 4.69) is 24.3 Å². The number of benzene rings is 12. The largest absolute Gasteiger partial charge is 0.457 e. The van der Waals surface area contributed by atoms with Gasteiger partial charge in [-0.25, -0.2) is 0 Å². The van der Waals surface area contributed by atoms with Gasteiger partial charge >= 0.3 is 0 Å². The highest BCUT2D eigenvalue weighted by molar-refractivity contribution is 5.67. The van der Waals surface area contributed by atoms with Gasteiger partial charge in [0.2, 0.25) is 0 Å². The summed E-state index contributed by atoms with van der Waals surface area (Å²) >= 11 is 0. The Hall–Kier alpha value is -12.9. The van der Waals surface area contributed by atoms with Crippen LogP contribution in [-0.2, 0) is 26.4 Å². The minimum Gasteiger partial charge on any atom is -0.457 e. The fourth-order valence-corrected chi connectivity index (χ4v) is 17.9. The van der Waals surface area contributed by atoms with Gasteiger partial charge in [0.15, 0.2) is 0 Å². The maximum absolute atomic E-state index is 11.3. The first-order valence-electron chi connectivity index (χ1n) is 40.3. The van der Waals surface area contributed by atoms with Crippen LogP contribution in [0.4, 0.5) is 0 Å². The third-order valence-electron chi connectivity index (χ3n) is 23.1. The number of rotatable bonds is 16. The van der Waals surface area contributed by atoms with Crippen molar-refractivity contribution in [3.8, 4) is 138 Å². The molecule has 0 atom stereocenters. The Kier molecular flexibility index (Phi) is 19.2. The van der Waals surface area contributed by atoms with Crippen molar-refractivity contribution in [2.75, 3.05) is 26.4 Å². The van der Waals surface area contributed by atoms with Gasteiger partial charge in [-0.2, -0.15) is 0 Å². The SMILES string of the molecule is OCCCC1c2cc3c4cc2OC2Oc5cc6c(cc51)C(CCCO)c1cc5c7cc1OC(O6)c1cc6cc(c1)Oc1cc(CO)cc(c1)Oc1cc8cc(c1)C(Oc1cc(c(cc1C5CCCO)C3CCCO)OC(O4)c1cc(cc(c1)Oc1cc(CO)cc(c1)O8)Oc1cc(CO)cc(c1)Oc1cc(cc2c1)Oc1cc(CO)cc(c1)O6)O7. The maximum atomic E-state index is 11.3. The molecule has 0 saturated carbocycles. The summed E-state index contributed by atoms with van der Waals surface area (Å²) in [5.74, 6) is 2.90. The molecule has 120 heavy (non-hydrogen) atoms. The van der Waals surface area contributed by atoms with E-state index in [1.54, 1.807) is 146 Å². The second kappa shape index (κ2) is 30.8. The smallest absolute Gasteiger partial charge is 0.267 e. The molecule has 24 heteroatoms. The Morgan fingerprint density at radius 3 is 0.467 bits per heavy atom. The average Bonchev–Trinajstić information content (AvgIpc) is 0.726. The van der Waals surface area contributed by atoms with Gasteiger partial charge in [0, 0.05) is 190 Å². The molecule has 0 unspecified atom stereocenters. The van der Waals surface area contributed by atoms with Crippen molar-refractivity contribution in [2.24, 2.45) is 0 Å². The fraction of sp³-hybridized carbons (Fsp3) is 0.250. The highest BCUT2D eigenvalue weighted by atomic mass is 16.7. The minimum absolute atomic E-state index is 0.197. The number of hydrogen-bond acceptors (Lipinski definition) is 24. The molecular weight excluding hydrogens is 1540 g/mol. The number of fused-ring (bicyclic) bond motifs is 16. The first-order valence-corrected chi connectivity index (χ1v) is 40.3. The maximum Gasteiger partial charge on any atom is 0.267 e. The molecule has 12 aromatic rings. The molecule has 24 nitrogen and oxygen atoms in total. The van der Waals surface area contributed by atoms with Gasteiger partial charge in [-0.05, 0) is 195 Å². The molecule has 40 bridgehead atoms. The van der Waals surface area contributed by atoms with Crippen molar-refractivity contribution in [1.29, 1.82) is 0 Å². The average molecular weight is 1620 g/mol. The molecule has 8 aliphatic heterocycles. The summed E-state index contributed by atoms with van der Waals surface area (Å²) in [4.78, 5) is 0. The van der Waals surface area contributed by atoms with Crippen LogP contribution in [0, 0.1) is 0 Å². The van der Waals surface area contributed by atoms with E-state index in [9.17, 15) is 40.9 Å². The fourth-order valence-electron chi connectivity index (χ4n) is 17.9. The van der Waals surface area contributed by atoms with Gasteiger partial charge in [0.1, 0.15) is 138 Å². The number of ether oxygens (including phenoxy) is 16. The van der Waals surface area contributed by atoms with Crippen molar-refractivity contribution in [3.63, 3.8) is 0 Å². The molecule has 12 aromatic carbocycles. The molecule has 9 aliphatic rings. The zero-order valence-electron chi connectivity index (χ0n) is 64.5. The van der Waals surface area contributed by atoms with Crippen molar-refractivity contribution < 1.29 is 117 Å². The van der Waals surface area contributed by atoms with Crippen LogP contribution in [0.15, 0.2) is 194 Å². The van der Waals surface area contributed by atoms with Crippen LogP contribution in [0.2, 0.25) is 0 Å². The normalized spacial score (nSPS) is 19.3. The zero-order valence-corrected chi connectivity index (χ0v) is 64.5. The predicted octanol–water partition coefficient (Wildman–Crippen LogP) is 19.1. The lowest BCUT2D eigenvalue weighted by Crippen LogP contribution is -2.26. The lowest BCUT2D eigenvalue weighted by atomic mass is 9.76. The van der Waals surface area contributed by atoms with Gasteiger partial charge in [0.25, 0.3) is 25.2 Å². The molecule has 21 rings (SSSR count). The molecule has 1 aliphatic carbocycles. The van der Waals surface area contributed by atoms with E-state index in [1.807, 2.05) is 24.3 Å². The molecule has 0 aromatic heterocycles. The summed E-state index contributed by atoms with van der Waals surface area (Å²) < 4.78 is 118. The van der Waals surface area contributed by atoms with Gasteiger partial charge in [-0.3, -0.25) is 0 Å². The molecule has 0 spiro atoms. The van der Waals surface area contributed by atoms with E-state index >= 15 is 0 Å². The highest BCUT2D eigenvalue weighted by Crippen LogP contribution is 2.60. The molecular formula is C96H80O24. The minimum atomic E-state index is -1.45. The first-order chi connectivity index (χ1) is 58.8. The van der Waals surface area contributed by atoms with Crippen molar-refractivity contribution in [3.05, 3.63) is 283 Å². The zero-order chi connectivity index (χ0) is 81.0. The van der Waals surface area contributed by atoms with Crippen LogP contribution in [0.5, 0.6) is 138 Å². The topological polar surface area (TPSA) is 310 Å². The van der Waals surface area contributed by atoms with Crippen LogP contribution in [0.1, 0.15) is 189 Å². The summed E-state index contributed by atoms with van der Waals surface area (Å²) in [5.41, 5.74) is 8.29. The number of aliphatic hydroxyl groups excluding tert-OH is 8. The van der Waals surface area contributed by atoms with E-state index in [1.165, 1.54) is 0 Å². The second-order valence-electron chi connectivity index (χ2n) is 31.3. The Morgan fingerprint density at radius 1 is 0.175 bits per heavy atom. The second-order valence-corrected chi connectivity index (χ2v) is 31.3. The molecule has 0 amide bonds. The Labute approximate surface area is 687 Å². The summed E-state index contributed by atoms with van der Waals surface area (Å²) in [5, 5.41) is 89.9. The standard InChI is InChI=1S/C96H80O24/c97-9-1-5-73-77-37-79-74(6-2-10-98)81-39-83-76(8-4-12-100)84-40-82-75(7-3-11-99)80-38-78(73)86-42-88(80)116-95-55-24-68-35-70(26-55)110-62-18-52(48-104)20-64(32-62)112-72-28-56-27-71(36-72)111-63-19-51(47-103)17-61(31-63)109-69-25-54-23-67(34-69)107-59-15-49(45-101)13-57(29-59)105-65-21-53(22-66(33-65)106-58-14-50(46-102)16-60(30-58)108-68)93(114-86)113-85(77)41-87(79)115-94(54)117-89(81)43-91(83)119-96(56)120-92(84)44-90(82)118-95/h13-44,73-76,93-104H,1-12,45-48H2. The van der Waals surface area contributed by atoms with E-state index in [-0.39, 0.29) is 144 Å². The summed E-state index contributed by atoms with van der Waals surface area (Å²) in [7, 11) is 0. The molecule has 608 valence electrons. The molecule has 0 fully saturated rings. The van der Waals surface area contributed by atoms with Gasteiger partial charge < -0.3 is 117 Å². The summed E-state index contributed by atoms with van der Waals surface area (Å²) in [6.07, 6.45) is -3.39. The Bertz CT molecular complexity index is 5060. The summed E-state index contributed by atoms with van der Waals surface area (Å²) in [6.45, 7) is -2.61. The third-order valence-corrected chi connectivity index (χ3v) is 23.1. The Morgan fingerprint density at radius 2 is 0.325 bits per heavy atom. The quantitative estimate of drug-likeness (QED) is 0.0446. The third kappa shape index (κ3) is 14.2. The lowest BCUT2D eigenvalue weighted by molar-refractivity contribution is -0.0124. The van der Waals surface area contributed by atoms with Crippen LogP contribution in [0.25, 0.3) is 0 Å². The monoisotopic (exact) mass is 1620 g/mol. The molecule has 0 saturated heterocycles. The van der Waals surface area contributed by atoms with E-state index in [0.717, 1.165) is 0 Å². The van der Waals surface area contributed by atoms with E-state index in [0.29, 0.717) is 161 Å². The lowest BCUT2D eigenvalue weighted by Gasteiger charge is -2.38. The number of hydrogen-bond donors (Lipinski definition) is 8. The van der Waals surface area contributed by atoms with Gasteiger partial charge in [-0.1, -0.05) is 0 Å². The van der Waals surface area contributed by atoms with Gasteiger partial charge in [-0.15, -0.1) is 0 Å².